The van der Waals surface area contributed by atoms with Gasteiger partial charge in [-0.25, -0.2) is 0 Å². The molecule has 2 saturated heterocycles. The van der Waals surface area contributed by atoms with Crippen LogP contribution in [-0.4, -0.2) is 36.3 Å². The summed E-state index contributed by atoms with van der Waals surface area (Å²) >= 11 is 0. The Morgan fingerprint density at radius 1 is 1.18 bits per heavy atom. The fraction of sp³-hybridized carbons (Fsp3) is 0.529. The summed E-state index contributed by atoms with van der Waals surface area (Å²) in [6.07, 6.45) is 1.21. The number of hydrogen-bond donors (Lipinski definition) is 2. The second kappa shape index (κ2) is 4.81. The Hall–Kier alpha value is -1.88. The third-order valence-electron chi connectivity index (χ3n) is 5.60. The lowest BCUT2D eigenvalue weighted by Crippen LogP contribution is -2.44. The summed E-state index contributed by atoms with van der Waals surface area (Å²) in [6, 6.07) is 10.2. The number of fused-ring (bicyclic) bond motifs is 1. The van der Waals surface area contributed by atoms with Gasteiger partial charge in [-0.1, -0.05) is 30.3 Å². The molecule has 2 amide bonds. The molecule has 1 aromatic carbocycles. The van der Waals surface area contributed by atoms with Gasteiger partial charge in [-0.3, -0.25) is 9.59 Å². The van der Waals surface area contributed by atoms with E-state index in [0.29, 0.717) is 24.7 Å². The standard InChI is InChI=1S/C17H21N3O2/c18-15(21)17(6-7-17)16(22)20-10-12-8-19-9-13(12)14(20)11-4-2-1-3-5-11/h1-5,12-14,19H,6-10H2,(H2,18,21)/t12-,13-,14+/m0/s1. The predicted octanol–water partition coefficient (Wildman–Crippen LogP) is 0.671. The van der Waals surface area contributed by atoms with Crippen LogP contribution in [0.2, 0.25) is 0 Å². The van der Waals surface area contributed by atoms with Crippen molar-refractivity contribution in [3.8, 4) is 0 Å². The molecule has 0 unspecified atom stereocenters. The molecule has 0 spiro atoms. The molecule has 0 bridgehead atoms. The lowest BCUT2D eigenvalue weighted by molar-refractivity contribution is -0.144. The molecular formula is C17H21N3O2. The molecule has 1 aliphatic carbocycles. The fourth-order valence-electron chi connectivity index (χ4n) is 4.17. The van der Waals surface area contributed by atoms with Crippen molar-refractivity contribution in [2.45, 2.75) is 18.9 Å². The van der Waals surface area contributed by atoms with Gasteiger partial charge in [0, 0.05) is 25.6 Å². The Labute approximate surface area is 129 Å². The number of benzene rings is 1. The zero-order valence-electron chi connectivity index (χ0n) is 12.5. The summed E-state index contributed by atoms with van der Waals surface area (Å²) in [4.78, 5) is 26.7. The van der Waals surface area contributed by atoms with Crippen LogP contribution in [0, 0.1) is 17.3 Å². The van der Waals surface area contributed by atoms with Gasteiger partial charge < -0.3 is 16.0 Å². The van der Waals surface area contributed by atoms with Gasteiger partial charge in [-0.2, -0.15) is 0 Å². The van der Waals surface area contributed by atoms with Crippen LogP contribution < -0.4 is 11.1 Å². The van der Waals surface area contributed by atoms with Crippen molar-refractivity contribution in [3.05, 3.63) is 35.9 Å². The van der Waals surface area contributed by atoms with E-state index in [1.165, 1.54) is 0 Å². The number of nitrogens with one attached hydrogen (secondary N) is 1. The monoisotopic (exact) mass is 299 g/mol. The summed E-state index contributed by atoms with van der Waals surface area (Å²) in [5.41, 5.74) is 5.74. The minimum atomic E-state index is -0.918. The van der Waals surface area contributed by atoms with Crippen molar-refractivity contribution in [1.29, 1.82) is 0 Å². The highest BCUT2D eigenvalue weighted by Crippen LogP contribution is 2.51. The Morgan fingerprint density at radius 3 is 2.55 bits per heavy atom. The van der Waals surface area contributed by atoms with Crippen molar-refractivity contribution in [1.82, 2.24) is 10.2 Å². The summed E-state index contributed by atoms with van der Waals surface area (Å²) in [6.45, 7) is 2.60. The van der Waals surface area contributed by atoms with E-state index in [2.05, 4.69) is 17.4 Å². The molecule has 3 aliphatic rings. The quantitative estimate of drug-likeness (QED) is 0.806. The molecular weight excluding hydrogens is 278 g/mol. The van der Waals surface area contributed by atoms with Crippen LogP contribution in [0.25, 0.3) is 0 Å². The zero-order valence-corrected chi connectivity index (χ0v) is 12.5. The van der Waals surface area contributed by atoms with E-state index in [-0.39, 0.29) is 11.9 Å². The van der Waals surface area contributed by atoms with Crippen molar-refractivity contribution in [3.63, 3.8) is 0 Å². The van der Waals surface area contributed by atoms with Crippen LogP contribution in [0.5, 0.6) is 0 Å². The van der Waals surface area contributed by atoms with Gasteiger partial charge in [0.1, 0.15) is 5.41 Å². The average molecular weight is 299 g/mol. The first kappa shape index (κ1) is 13.8. The van der Waals surface area contributed by atoms with Gasteiger partial charge in [0.05, 0.1) is 6.04 Å². The van der Waals surface area contributed by atoms with Crippen molar-refractivity contribution in [2.75, 3.05) is 19.6 Å². The Kier molecular flexibility index (Phi) is 3.01. The molecule has 3 atom stereocenters. The lowest BCUT2D eigenvalue weighted by Gasteiger charge is -2.30. The van der Waals surface area contributed by atoms with Crippen molar-refractivity contribution in [2.24, 2.45) is 23.0 Å². The molecule has 1 saturated carbocycles. The highest BCUT2D eigenvalue weighted by molar-refractivity contribution is 6.07. The Morgan fingerprint density at radius 2 is 1.91 bits per heavy atom. The van der Waals surface area contributed by atoms with Gasteiger partial charge in [-0.15, -0.1) is 0 Å². The number of likely N-dealkylation sites (tertiary alicyclic amines) is 1. The van der Waals surface area contributed by atoms with Crippen LogP contribution in [0.15, 0.2) is 30.3 Å². The maximum absolute atomic E-state index is 13.0. The van der Waals surface area contributed by atoms with Crippen LogP contribution in [0.1, 0.15) is 24.4 Å². The van der Waals surface area contributed by atoms with Gasteiger partial charge in [0.2, 0.25) is 11.8 Å². The number of nitrogens with zero attached hydrogens (tertiary/aromatic N) is 1. The molecule has 116 valence electrons. The molecule has 5 nitrogen and oxygen atoms in total. The van der Waals surface area contributed by atoms with E-state index < -0.39 is 11.3 Å². The third kappa shape index (κ3) is 1.88. The van der Waals surface area contributed by atoms with E-state index in [1.54, 1.807) is 0 Å². The highest BCUT2D eigenvalue weighted by Gasteiger charge is 2.60. The Balaban J connectivity index is 1.69. The summed E-state index contributed by atoms with van der Waals surface area (Å²) in [5, 5.41) is 3.43. The number of amides is 2. The smallest absolute Gasteiger partial charge is 0.238 e. The molecule has 3 N–H and O–H groups in total. The van der Waals surface area contributed by atoms with Gasteiger partial charge in [0.15, 0.2) is 0 Å². The van der Waals surface area contributed by atoms with Gasteiger partial charge in [-0.05, 0) is 24.3 Å². The lowest BCUT2D eigenvalue weighted by atomic mass is 9.89. The van der Waals surface area contributed by atoms with Crippen LogP contribution >= 0.6 is 0 Å². The van der Waals surface area contributed by atoms with E-state index in [0.717, 1.165) is 25.2 Å². The first-order valence-corrected chi connectivity index (χ1v) is 8.00. The maximum atomic E-state index is 13.0. The van der Waals surface area contributed by atoms with E-state index in [4.69, 9.17) is 5.73 Å². The molecule has 0 aromatic heterocycles. The molecule has 2 heterocycles. The van der Waals surface area contributed by atoms with Gasteiger partial charge >= 0.3 is 0 Å². The van der Waals surface area contributed by atoms with Crippen molar-refractivity contribution >= 4 is 11.8 Å². The van der Waals surface area contributed by atoms with Crippen molar-refractivity contribution < 1.29 is 9.59 Å². The first-order chi connectivity index (χ1) is 10.6. The second-order valence-electron chi connectivity index (χ2n) is 6.84. The normalized spacial score (nSPS) is 31.8. The number of carbonyl (C=O) groups is 2. The molecule has 4 rings (SSSR count). The van der Waals surface area contributed by atoms with Crippen LogP contribution in [0.3, 0.4) is 0 Å². The zero-order chi connectivity index (χ0) is 15.3. The van der Waals surface area contributed by atoms with Crippen LogP contribution in [0.4, 0.5) is 0 Å². The van der Waals surface area contributed by atoms with E-state index in [9.17, 15) is 9.59 Å². The molecule has 3 fully saturated rings. The molecule has 1 aromatic rings. The molecule has 0 radical (unpaired) electrons. The third-order valence-corrected chi connectivity index (χ3v) is 5.60. The summed E-state index contributed by atoms with van der Waals surface area (Å²) in [7, 11) is 0. The Bertz CT molecular complexity index is 612. The van der Waals surface area contributed by atoms with E-state index >= 15 is 0 Å². The minimum absolute atomic E-state index is 0.0525. The first-order valence-electron chi connectivity index (χ1n) is 8.00. The minimum Gasteiger partial charge on any atom is -0.369 e. The molecule has 22 heavy (non-hydrogen) atoms. The SMILES string of the molecule is NC(=O)C1(C(=O)N2C[C@@H]3CNC[C@@H]3[C@H]2c2ccccc2)CC1. The summed E-state index contributed by atoms with van der Waals surface area (Å²) in [5.74, 6) is 0.385. The number of carbonyl (C=O) groups excluding carboxylic acids is 2. The van der Waals surface area contributed by atoms with Crippen LogP contribution in [-0.2, 0) is 9.59 Å². The topological polar surface area (TPSA) is 75.4 Å². The maximum Gasteiger partial charge on any atom is 0.238 e. The number of nitrogens with two attached hydrogens (primary N) is 1. The summed E-state index contributed by atoms with van der Waals surface area (Å²) < 4.78 is 0. The predicted molar refractivity (Wildman–Crippen MR) is 81.6 cm³/mol. The number of primary amides is 1. The second-order valence-corrected chi connectivity index (χ2v) is 6.84. The molecule has 2 aliphatic heterocycles. The largest absolute Gasteiger partial charge is 0.369 e. The van der Waals surface area contributed by atoms with E-state index in [1.807, 2.05) is 23.1 Å². The molecule has 5 heteroatoms. The highest BCUT2D eigenvalue weighted by atomic mass is 16.2. The number of hydrogen-bond acceptors (Lipinski definition) is 3. The van der Waals surface area contributed by atoms with Gasteiger partial charge in [0.25, 0.3) is 0 Å². The average Bonchev–Trinajstić information content (AvgIpc) is 3.09. The number of rotatable bonds is 3. The fourth-order valence-corrected chi connectivity index (χ4v) is 4.17.